The van der Waals surface area contributed by atoms with Crippen LogP contribution in [0.5, 0.6) is 0 Å². The molecule has 0 unspecified atom stereocenters. The van der Waals surface area contributed by atoms with Crippen molar-refractivity contribution in [1.82, 2.24) is 19.9 Å². The number of furan rings is 2. The monoisotopic (exact) mass is 1350 g/mol. The van der Waals surface area contributed by atoms with Gasteiger partial charge in [-0.2, -0.15) is 0 Å². The van der Waals surface area contributed by atoms with E-state index in [4.69, 9.17) is 30.4 Å². The maximum Gasteiger partial charge on any atom is 0.488 e. The molecule has 0 spiro atoms. The molecule has 0 amide bonds. The Bertz CT molecular complexity index is 6300. The SMILES string of the molecule is C.C.CC1(C)c2ccccc2-c2ccc(-c3ccc4oc5c(-c6cccc(-c7cccc8c7sc7ccccc78)c6)ncnc5c4c3)cc21.CC1(C)c2ccccc2-c2ccc(B(O)O)cc21.Clc1ccc2oc3c(-c4cccc(-c5cccc6c5sc5ccccc56)c4)ncnc3c2c1. The number of thiophene rings is 2. The first-order chi connectivity index (χ1) is 47.8. The lowest BCUT2D eigenvalue weighted by Crippen LogP contribution is -2.31. The molecular weight excluding hydrogens is 1290 g/mol. The third-order valence-electron chi connectivity index (χ3n) is 20.0. The summed E-state index contributed by atoms with van der Waals surface area (Å²) in [6, 6.07) is 89.2. The molecular formula is C88H66BClN4O4S2. The largest absolute Gasteiger partial charge is 0.488 e. The van der Waals surface area contributed by atoms with Crippen molar-refractivity contribution in [2.75, 3.05) is 0 Å². The van der Waals surface area contributed by atoms with E-state index in [9.17, 15) is 10.0 Å². The molecule has 0 atom stereocenters. The Morgan fingerprint density at radius 1 is 0.350 bits per heavy atom. The summed E-state index contributed by atoms with van der Waals surface area (Å²) in [5.41, 5.74) is 25.9. The van der Waals surface area contributed by atoms with Gasteiger partial charge in [0.1, 0.15) is 46.2 Å². The zero-order valence-electron chi connectivity index (χ0n) is 53.7. The summed E-state index contributed by atoms with van der Waals surface area (Å²) in [5, 5.41) is 26.3. The lowest BCUT2D eigenvalue weighted by molar-refractivity contribution is 0.425. The van der Waals surface area contributed by atoms with Crippen molar-refractivity contribution >= 4 is 131 Å². The quantitative estimate of drug-likeness (QED) is 0.158. The van der Waals surface area contributed by atoms with Crippen LogP contribution < -0.4 is 5.46 Å². The van der Waals surface area contributed by atoms with Gasteiger partial charge in [0.25, 0.3) is 0 Å². The minimum atomic E-state index is -1.41. The third-order valence-corrected chi connectivity index (χ3v) is 22.7. The van der Waals surface area contributed by atoms with Crippen molar-refractivity contribution in [3.63, 3.8) is 0 Å². The van der Waals surface area contributed by atoms with Gasteiger partial charge in [-0.05, 0) is 144 Å². The predicted octanol–water partition coefficient (Wildman–Crippen LogP) is 23.7. The van der Waals surface area contributed by atoms with Crippen LogP contribution in [0.15, 0.2) is 276 Å². The smallest absolute Gasteiger partial charge is 0.452 e. The molecule has 12 heteroatoms. The first-order valence-electron chi connectivity index (χ1n) is 32.7. The summed E-state index contributed by atoms with van der Waals surface area (Å²) in [7, 11) is -1.41. The average Bonchev–Trinajstić information content (AvgIpc) is 1.58. The van der Waals surface area contributed by atoms with Crippen LogP contribution >= 0.6 is 34.3 Å². The summed E-state index contributed by atoms with van der Waals surface area (Å²) >= 11 is 9.90. The van der Waals surface area contributed by atoms with E-state index < -0.39 is 7.12 Å². The van der Waals surface area contributed by atoms with E-state index >= 15 is 0 Å². The molecule has 2 N–H and O–H groups in total. The van der Waals surface area contributed by atoms with Crippen molar-refractivity contribution in [3.05, 3.63) is 295 Å². The molecule has 6 heterocycles. The number of benzene rings is 12. The lowest BCUT2D eigenvalue weighted by atomic mass is 9.75. The fourth-order valence-corrected chi connectivity index (χ4v) is 17.7. The first-order valence-corrected chi connectivity index (χ1v) is 34.7. The second kappa shape index (κ2) is 24.8. The zero-order chi connectivity index (χ0) is 66.1. The van der Waals surface area contributed by atoms with Crippen molar-refractivity contribution in [2.24, 2.45) is 0 Å². The number of aromatic nitrogens is 4. The fraction of sp³-hybridized carbons (Fsp3) is 0.0909. The van der Waals surface area contributed by atoms with Crippen molar-refractivity contribution in [3.8, 4) is 78.1 Å². The molecule has 484 valence electrons. The van der Waals surface area contributed by atoms with E-state index in [0.717, 1.165) is 77.7 Å². The Hall–Kier alpha value is -10.9. The Balaban J connectivity index is 0.000000127. The number of rotatable bonds is 6. The van der Waals surface area contributed by atoms with Gasteiger partial charge in [-0.1, -0.05) is 248 Å². The van der Waals surface area contributed by atoms with E-state index in [2.05, 4.69) is 244 Å². The molecule has 2 aliphatic carbocycles. The summed E-state index contributed by atoms with van der Waals surface area (Å²) < 4.78 is 17.9. The summed E-state index contributed by atoms with van der Waals surface area (Å²) in [4.78, 5) is 18.6. The number of hydrogen-bond donors (Lipinski definition) is 2. The molecule has 0 radical (unpaired) electrons. The van der Waals surface area contributed by atoms with Gasteiger partial charge < -0.3 is 18.9 Å². The molecule has 8 nitrogen and oxygen atoms in total. The van der Waals surface area contributed by atoms with Gasteiger partial charge in [-0.15, -0.1) is 22.7 Å². The minimum absolute atomic E-state index is 0. The molecule has 100 heavy (non-hydrogen) atoms. The summed E-state index contributed by atoms with van der Waals surface area (Å²) in [6.07, 6.45) is 3.25. The van der Waals surface area contributed by atoms with Crippen molar-refractivity contribution in [2.45, 2.75) is 53.4 Å². The van der Waals surface area contributed by atoms with Crippen LogP contribution in [0.2, 0.25) is 5.02 Å². The molecule has 0 aliphatic heterocycles. The topological polar surface area (TPSA) is 118 Å². The Labute approximate surface area is 592 Å². The maximum atomic E-state index is 9.30. The second-order valence-electron chi connectivity index (χ2n) is 26.4. The van der Waals surface area contributed by atoms with Gasteiger partial charge in [0, 0.05) is 78.1 Å². The Kier molecular flexibility index (Phi) is 15.8. The minimum Gasteiger partial charge on any atom is -0.452 e. The van der Waals surface area contributed by atoms with Crippen LogP contribution in [0.1, 0.15) is 64.8 Å². The standard InChI is InChI=1S/C43H28N2OS.C28H15ClN2OS.C15H15BO2.2CH4/c1-43(2)35-15-5-3-11-30(35)31-19-17-26(23-36(31)43)25-18-20-37-34(22-25)40-41(46-37)39(44-24-45-40)28-10-7-9-27(21-28)29-13-8-14-33-32-12-4-6-16-38(32)47-42(29)33;29-18-11-12-23-22(14-18)26-27(32-23)25(30-15-31-26)17-6-3-5-16(13-17)19-8-4-9-21-20-7-1-2-10-24(20)33-28(19)21;1-15(2)13-6-4-3-5-11(13)12-8-7-10(16(17)18)9-14(12)15;;/h3-24H,1-2H3;1-15H;3-9,17-18H,1-2H3;2*1H4. The van der Waals surface area contributed by atoms with Crippen molar-refractivity contribution in [1.29, 1.82) is 0 Å². The van der Waals surface area contributed by atoms with Crippen LogP contribution in [0.4, 0.5) is 0 Å². The Morgan fingerprint density at radius 3 is 1.32 bits per heavy atom. The van der Waals surface area contributed by atoms with Gasteiger partial charge in [0.2, 0.25) is 0 Å². The molecule has 12 aromatic carbocycles. The number of fused-ring (bicyclic) bond motifs is 18. The number of nitrogens with zero attached hydrogens (tertiary/aromatic N) is 4. The molecule has 2 aliphatic rings. The van der Waals surface area contributed by atoms with Crippen LogP contribution in [-0.2, 0) is 10.8 Å². The highest BCUT2D eigenvalue weighted by Crippen LogP contribution is 2.52. The normalized spacial score (nSPS) is 12.9. The third kappa shape index (κ3) is 10.4. The number of hydrogen-bond acceptors (Lipinski definition) is 10. The van der Waals surface area contributed by atoms with Gasteiger partial charge in [0.15, 0.2) is 11.2 Å². The maximum absolute atomic E-state index is 9.30. The summed E-state index contributed by atoms with van der Waals surface area (Å²) in [6.45, 7) is 8.99. The molecule has 0 fully saturated rings. The highest BCUT2D eigenvalue weighted by molar-refractivity contribution is 7.26. The highest BCUT2D eigenvalue weighted by Gasteiger charge is 2.37. The van der Waals surface area contributed by atoms with Gasteiger partial charge in [0.05, 0.1) is 0 Å². The number of halogens is 1. The molecule has 0 saturated heterocycles. The van der Waals surface area contributed by atoms with Gasteiger partial charge in [-0.3, -0.25) is 0 Å². The molecule has 18 aromatic rings. The lowest BCUT2D eigenvalue weighted by Gasteiger charge is -2.22. The van der Waals surface area contributed by atoms with Crippen LogP contribution in [0.3, 0.4) is 0 Å². The van der Waals surface area contributed by atoms with E-state index in [-0.39, 0.29) is 25.7 Å². The van der Waals surface area contributed by atoms with E-state index in [1.807, 2.05) is 65.1 Å². The first kappa shape index (κ1) is 63.8. The molecule has 0 bridgehead atoms. The van der Waals surface area contributed by atoms with Crippen LogP contribution in [0.25, 0.3) is 163 Å². The van der Waals surface area contributed by atoms with Crippen LogP contribution in [-0.4, -0.2) is 37.1 Å². The predicted molar refractivity (Wildman–Crippen MR) is 421 cm³/mol. The van der Waals surface area contributed by atoms with E-state index in [1.165, 1.54) is 96.0 Å². The molecule has 20 rings (SSSR count). The zero-order valence-corrected chi connectivity index (χ0v) is 56.1. The summed E-state index contributed by atoms with van der Waals surface area (Å²) in [5.74, 6) is 0. The van der Waals surface area contributed by atoms with Gasteiger partial charge >= 0.3 is 7.12 Å². The highest BCUT2D eigenvalue weighted by atomic mass is 35.5. The fourth-order valence-electron chi connectivity index (χ4n) is 15.1. The van der Waals surface area contributed by atoms with Gasteiger partial charge in [-0.25, -0.2) is 19.9 Å². The molecule has 0 saturated carbocycles. The average molecular weight is 1350 g/mol. The Morgan fingerprint density at radius 2 is 0.770 bits per heavy atom. The second-order valence-corrected chi connectivity index (χ2v) is 28.9. The van der Waals surface area contributed by atoms with E-state index in [1.54, 1.807) is 18.7 Å². The van der Waals surface area contributed by atoms with Crippen molar-refractivity contribution < 1.29 is 18.9 Å². The van der Waals surface area contributed by atoms with Crippen LogP contribution in [0, 0.1) is 0 Å². The van der Waals surface area contributed by atoms with E-state index in [0.29, 0.717) is 21.7 Å². The molecule has 6 aromatic heterocycles.